The van der Waals surface area contributed by atoms with Gasteiger partial charge in [-0.25, -0.2) is 9.36 Å². The number of esters is 2. The van der Waals surface area contributed by atoms with Crippen molar-refractivity contribution in [2.45, 2.75) is 238 Å². The summed E-state index contributed by atoms with van der Waals surface area (Å²) in [5.74, 6) is 2.15. The topological polar surface area (TPSA) is 567 Å². The molecule has 3 N–H and O–H groups in total. The van der Waals surface area contributed by atoms with Crippen molar-refractivity contribution in [3.63, 3.8) is 0 Å². The number of hydrogen-bond acceptors (Lipinski definition) is 54. The minimum atomic E-state index is -4.78. The Bertz CT molecular complexity index is 1700. The molecule has 590 valence electrons. The molecule has 0 aromatic carbocycles. The van der Waals surface area contributed by atoms with Gasteiger partial charge in [0.2, 0.25) is 0 Å². The van der Waals surface area contributed by atoms with Crippen LogP contribution < -0.4 is 5.90 Å². The molecule has 0 heterocycles. The predicted octanol–water partition coefficient (Wildman–Crippen LogP) is 9.29. The van der Waals surface area contributed by atoms with Crippen LogP contribution >= 0.6 is 7.82 Å². The van der Waals surface area contributed by atoms with Crippen molar-refractivity contribution >= 4 is 25.7 Å². The highest BCUT2D eigenvalue weighted by Gasteiger charge is 2.26. The first kappa shape index (κ1) is 95.7. The van der Waals surface area contributed by atoms with Crippen LogP contribution in [0.4, 0.5) is 0 Å². The van der Waals surface area contributed by atoms with E-state index in [9.17, 15) is 23.8 Å². The van der Waals surface area contributed by atoms with E-state index in [1.54, 1.807) is 0 Å². The summed E-state index contributed by atoms with van der Waals surface area (Å²) in [6, 6.07) is 0. The molecule has 0 radical (unpaired) electrons. The number of nitrogens with two attached hydrogens (primary N) is 1. The SMILES string of the molecule is CCCCCCCCCCCCCCCCCC(=O)OCC(COP(=O)(O)OCCCC(=O)OOOOOOOOOOOOOOOOOOOOOOOOOOOOOOOOOOOOOOOOOOOOON)OC(=O)CCCCCCCCCCCCCCCCC. The largest absolute Gasteiger partial charge is 0.472 e. The van der Waals surface area contributed by atoms with Crippen molar-refractivity contribution in [2.24, 2.45) is 5.90 Å². The fourth-order valence-electron chi connectivity index (χ4n) is 7.09. The second-order valence-electron chi connectivity index (χ2n) is 18.4. The number of rotatable bonds is 87. The van der Waals surface area contributed by atoms with Crippen LogP contribution in [0.25, 0.3) is 0 Å². The van der Waals surface area contributed by atoms with Crippen molar-refractivity contribution in [1.29, 1.82) is 0 Å². The molecule has 0 saturated heterocycles. The average Bonchev–Trinajstić information content (AvgIpc) is 1.22. The van der Waals surface area contributed by atoms with Crippen LogP contribution in [0.15, 0.2) is 0 Å². The van der Waals surface area contributed by atoms with Crippen molar-refractivity contribution < 1.29 is 269 Å². The van der Waals surface area contributed by atoms with Crippen molar-refractivity contribution in [2.75, 3.05) is 19.8 Å². The zero-order valence-corrected chi connectivity index (χ0v) is 54.2. The van der Waals surface area contributed by atoms with Crippen molar-refractivity contribution in [1.82, 2.24) is 0 Å². The van der Waals surface area contributed by atoms with E-state index in [0.29, 0.717) is 12.8 Å². The maximum atomic E-state index is 12.8. The average molecular weight is 1510 g/mol. The maximum absolute atomic E-state index is 12.8. The van der Waals surface area contributed by atoms with Gasteiger partial charge in [-0.3, -0.25) is 23.5 Å². The Morgan fingerprint density at radius 3 is 0.788 bits per heavy atom. The Balaban J connectivity index is 3.95. The van der Waals surface area contributed by atoms with Crippen LogP contribution in [-0.2, 0) is 264 Å². The zero-order chi connectivity index (χ0) is 71.6. The fourth-order valence-corrected chi connectivity index (χ4v) is 7.87. The first-order valence-corrected chi connectivity index (χ1v) is 31.4. The Morgan fingerprint density at radius 1 is 0.283 bits per heavy atom. The monoisotopic (exact) mass is 1510 g/mol. The van der Waals surface area contributed by atoms with Gasteiger partial charge >= 0.3 is 25.7 Å². The molecule has 0 aromatic rings. The van der Waals surface area contributed by atoms with Crippen LogP contribution in [0.2, 0.25) is 0 Å². The summed E-state index contributed by atoms with van der Waals surface area (Å²) < 4.78 is 33.6. The smallest absolute Gasteiger partial charge is 0.462 e. The molecule has 56 heteroatoms. The van der Waals surface area contributed by atoms with Gasteiger partial charge in [-0.15, -0.1) is 4.99 Å². The molecule has 0 aliphatic carbocycles. The maximum Gasteiger partial charge on any atom is 0.472 e. The number of unbranched alkanes of at least 4 members (excludes halogenated alkanes) is 28. The summed E-state index contributed by atoms with van der Waals surface area (Å²) in [6.07, 6.45) is 33.5. The quantitative estimate of drug-likeness (QED) is 0.0188. The summed E-state index contributed by atoms with van der Waals surface area (Å²) in [6.45, 7) is 2.90. The van der Waals surface area contributed by atoms with Crippen molar-refractivity contribution in [3.05, 3.63) is 0 Å². The highest BCUT2D eigenvalue weighted by Crippen LogP contribution is 2.43. The lowest BCUT2D eigenvalue weighted by Crippen LogP contribution is -2.29. The van der Waals surface area contributed by atoms with Crippen LogP contribution in [-0.4, -0.2) is 48.7 Å². The van der Waals surface area contributed by atoms with Gasteiger partial charge in [-0.1, -0.05) is 194 Å². The molecule has 2 atom stereocenters. The van der Waals surface area contributed by atoms with Crippen LogP contribution in [0.5, 0.6) is 0 Å². The second-order valence-corrected chi connectivity index (χ2v) is 19.8. The van der Waals surface area contributed by atoms with E-state index in [0.717, 1.165) is 51.4 Å². The fraction of sp³-hybridized carbons (Fsp3) is 0.930. The Morgan fingerprint density at radius 2 is 0.515 bits per heavy atom. The summed E-state index contributed by atoms with van der Waals surface area (Å²) in [5.41, 5.74) is 0. The molecule has 2 unspecified atom stereocenters. The lowest BCUT2D eigenvalue weighted by Gasteiger charge is -2.20. The van der Waals surface area contributed by atoms with Gasteiger partial charge in [-0.05, 0) is 59.6 Å². The van der Waals surface area contributed by atoms with Gasteiger partial charge in [0.1, 0.15) is 6.61 Å². The molecule has 0 saturated carbocycles. The standard InChI is InChI=1S/C43H84NO54P/c1-3-5-7-9-11-13-15-17-19-21-23-25-27-29-31-34-41(45)50-38-40(53-42(46)35-32-30-28-26-24-22-20-18-16-14-12-10-8-6-4-2)39-52-99(48,49)51-37-33-36-43(47)54-56-58-60-62-64-66-68-70-72-74-76-78-80-82-84-86-88-90-92-94-96-98-97-95-93-91-89-87-85-83-81-79-77-75-73-71-69-67-65-63-61-59-57-55-44/h40H,3-39,44H2,1-2H3,(H,48,49). The normalized spacial score (nSPS) is 12.6. The summed E-state index contributed by atoms with van der Waals surface area (Å²) in [5, 5.41) is 154. The molecule has 0 fully saturated rings. The Labute approximate surface area is 558 Å². The number of phosphoric ester groups is 1. The first-order chi connectivity index (χ1) is 48.7. The van der Waals surface area contributed by atoms with E-state index in [1.807, 2.05) is 0 Å². The van der Waals surface area contributed by atoms with Crippen LogP contribution in [0, 0.1) is 0 Å². The van der Waals surface area contributed by atoms with E-state index in [1.165, 1.54) is 128 Å². The predicted molar refractivity (Wildman–Crippen MR) is 269 cm³/mol. The molecule has 99 heavy (non-hydrogen) atoms. The molecule has 0 bridgehead atoms. The molecule has 0 aliphatic rings. The summed E-state index contributed by atoms with van der Waals surface area (Å²) >= 11 is 0. The van der Waals surface area contributed by atoms with Crippen LogP contribution in [0.1, 0.15) is 232 Å². The van der Waals surface area contributed by atoms with E-state index in [-0.39, 0.29) is 19.3 Å². The number of carbonyl (C=O) groups excluding carboxylic acids is 3. The Kier molecular flexibility index (Phi) is 79.3. The first-order valence-electron chi connectivity index (χ1n) is 29.9. The van der Waals surface area contributed by atoms with Gasteiger partial charge in [0.05, 0.1) is 19.6 Å². The molecular formula is C43H84NO54P. The third kappa shape index (κ3) is 81.9. The van der Waals surface area contributed by atoms with Crippen LogP contribution in [0.3, 0.4) is 0 Å². The lowest BCUT2D eigenvalue weighted by atomic mass is 10.0. The number of hydrogen-bond donors (Lipinski definition) is 2. The van der Waals surface area contributed by atoms with Gasteiger partial charge < -0.3 is 14.4 Å². The number of phosphoric acid groups is 1. The molecule has 0 spiro atoms. The van der Waals surface area contributed by atoms with Gasteiger partial charge in [0.15, 0.2) is 6.10 Å². The summed E-state index contributed by atoms with van der Waals surface area (Å²) in [4.78, 5) is 55.2. The third-order valence-corrected chi connectivity index (χ3v) is 12.2. The molecule has 0 aliphatic heterocycles. The minimum absolute atomic E-state index is 0.0995. The highest BCUT2D eigenvalue weighted by molar-refractivity contribution is 7.47. The second kappa shape index (κ2) is 82.0. The van der Waals surface area contributed by atoms with E-state index in [4.69, 9.17) is 18.5 Å². The van der Waals surface area contributed by atoms with Gasteiger partial charge in [0.25, 0.3) is 0 Å². The Hall–Kier alpha value is -3.28. The molecule has 55 nitrogen and oxygen atoms in total. The van der Waals surface area contributed by atoms with Gasteiger partial charge in [-0.2, -0.15) is 5.90 Å². The molecule has 0 aromatic heterocycles. The number of carbonyl (C=O) groups is 3. The molecule has 0 rings (SSSR count). The zero-order valence-electron chi connectivity index (χ0n) is 53.3. The highest BCUT2D eigenvalue weighted by atomic mass is 31.2. The third-order valence-electron chi connectivity index (χ3n) is 11.2. The number of ether oxygens (including phenoxy) is 2. The van der Waals surface area contributed by atoms with Gasteiger partial charge in [0, 0.05) is 189 Å². The minimum Gasteiger partial charge on any atom is -0.462 e. The lowest BCUT2D eigenvalue weighted by molar-refractivity contribution is -0.909. The van der Waals surface area contributed by atoms with E-state index >= 15 is 0 Å². The van der Waals surface area contributed by atoms with E-state index in [2.05, 4.69) is 246 Å². The van der Waals surface area contributed by atoms with E-state index < -0.39 is 58.1 Å². The molecule has 0 amide bonds. The summed E-state index contributed by atoms with van der Waals surface area (Å²) in [7, 11) is -4.78. The van der Waals surface area contributed by atoms with Crippen molar-refractivity contribution in [3.8, 4) is 0 Å². The molecular weight excluding hydrogens is 1430 g/mol.